The smallest absolute Gasteiger partial charge is 0.496 e. The fourth-order valence-corrected chi connectivity index (χ4v) is 2.08. The van der Waals surface area contributed by atoms with Crippen LogP contribution in [0.1, 0.15) is 20.7 Å². The summed E-state index contributed by atoms with van der Waals surface area (Å²) in [6.45, 7) is 0. The molecule has 0 aromatic heterocycles. The van der Waals surface area contributed by atoms with Gasteiger partial charge in [0.15, 0.2) is 0 Å². The Morgan fingerprint density at radius 2 is 1.62 bits per heavy atom. The number of carbonyl (C=O) groups is 2. The van der Waals surface area contributed by atoms with E-state index in [1.165, 1.54) is 25.3 Å². The summed E-state index contributed by atoms with van der Waals surface area (Å²) in [5.41, 5.74) is 4.46. The van der Waals surface area contributed by atoms with Gasteiger partial charge in [0.05, 0.1) is 12.7 Å². The van der Waals surface area contributed by atoms with Gasteiger partial charge < -0.3 is 9.47 Å². The number of ether oxygens (including phenoxy) is 2. The molecule has 0 atom stereocenters. The second-order valence-corrected chi connectivity index (χ2v) is 5.26. The van der Waals surface area contributed by atoms with E-state index < -0.39 is 23.9 Å². The molecule has 0 radical (unpaired) electrons. The minimum absolute atomic E-state index is 0.0166. The van der Waals surface area contributed by atoms with Crippen LogP contribution in [0.15, 0.2) is 42.5 Å². The van der Waals surface area contributed by atoms with E-state index in [1.807, 2.05) is 0 Å². The molecule has 0 aliphatic heterocycles. The van der Waals surface area contributed by atoms with E-state index >= 15 is 0 Å². The van der Waals surface area contributed by atoms with E-state index in [0.29, 0.717) is 5.02 Å². The molecule has 0 heterocycles. The Morgan fingerprint density at radius 1 is 1.00 bits per heavy atom. The molecule has 0 aliphatic carbocycles. The van der Waals surface area contributed by atoms with E-state index in [-0.39, 0.29) is 16.9 Å². The largest absolute Gasteiger partial charge is 0.573 e. The SMILES string of the molecule is COc1cc(Cl)ccc1C(=O)NNC(=O)c1ccc(OC(F)(F)F)cc1. The van der Waals surface area contributed by atoms with Crippen LogP contribution in [0.4, 0.5) is 13.2 Å². The molecule has 2 rings (SSSR count). The van der Waals surface area contributed by atoms with Gasteiger partial charge in [-0.1, -0.05) is 11.6 Å². The van der Waals surface area contributed by atoms with E-state index in [9.17, 15) is 22.8 Å². The molecule has 0 aliphatic rings. The number of nitrogens with one attached hydrogen (secondary N) is 2. The maximum Gasteiger partial charge on any atom is 0.573 e. The first kappa shape index (κ1) is 19.4. The van der Waals surface area contributed by atoms with Crippen LogP contribution in [0.25, 0.3) is 0 Å². The number of amides is 2. The Morgan fingerprint density at radius 3 is 2.19 bits per heavy atom. The first-order valence-corrected chi connectivity index (χ1v) is 7.37. The summed E-state index contributed by atoms with van der Waals surface area (Å²) >= 11 is 5.80. The molecule has 6 nitrogen and oxygen atoms in total. The molecule has 2 aromatic rings. The lowest BCUT2D eigenvalue weighted by molar-refractivity contribution is -0.274. The van der Waals surface area contributed by atoms with Crippen LogP contribution in [-0.2, 0) is 0 Å². The lowest BCUT2D eigenvalue weighted by Crippen LogP contribution is -2.41. The van der Waals surface area contributed by atoms with Crippen LogP contribution in [-0.4, -0.2) is 25.3 Å². The molecular weight excluding hydrogens is 377 g/mol. The van der Waals surface area contributed by atoms with Crippen LogP contribution in [0.2, 0.25) is 5.02 Å². The second kappa shape index (κ2) is 7.96. The number of hydrogen-bond acceptors (Lipinski definition) is 4. The summed E-state index contributed by atoms with van der Waals surface area (Å²) in [6.07, 6.45) is -4.82. The Balaban J connectivity index is 1.99. The molecule has 0 unspecified atom stereocenters. The Labute approximate surface area is 150 Å². The third-order valence-corrected chi connectivity index (χ3v) is 3.28. The summed E-state index contributed by atoms with van der Waals surface area (Å²) in [5.74, 6) is -1.66. The van der Waals surface area contributed by atoms with Gasteiger partial charge in [0.25, 0.3) is 11.8 Å². The van der Waals surface area contributed by atoms with Crippen molar-refractivity contribution in [2.45, 2.75) is 6.36 Å². The van der Waals surface area contributed by atoms with E-state index in [1.54, 1.807) is 0 Å². The number of benzene rings is 2. The van der Waals surface area contributed by atoms with E-state index in [4.69, 9.17) is 16.3 Å². The Bertz CT molecular complexity index is 810. The highest BCUT2D eigenvalue weighted by molar-refractivity contribution is 6.30. The lowest BCUT2D eigenvalue weighted by Gasteiger charge is -2.11. The number of alkyl halides is 3. The number of methoxy groups -OCH3 is 1. The molecular formula is C16H12ClF3N2O4. The fraction of sp³-hybridized carbons (Fsp3) is 0.125. The van der Waals surface area contributed by atoms with Crippen LogP contribution in [0.5, 0.6) is 11.5 Å². The number of hydrazine groups is 1. The van der Waals surface area contributed by atoms with Crippen LogP contribution < -0.4 is 20.3 Å². The van der Waals surface area contributed by atoms with E-state index in [0.717, 1.165) is 24.3 Å². The van der Waals surface area contributed by atoms with Crippen molar-refractivity contribution in [2.24, 2.45) is 0 Å². The van der Waals surface area contributed by atoms with Crippen LogP contribution >= 0.6 is 11.6 Å². The topological polar surface area (TPSA) is 76.7 Å². The molecule has 0 saturated heterocycles. The van der Waals surface area contributed by atoms with E-state index in [2.05, 4.69) is 15.6 Å². The van der Waals surface area contributed by atoms with Crippen LogP contribution in [0, 0.1) is 0 Å². The van der Waals surface area contributed by atoms with Crippen molar-refractivity contribution in [3.63, 3.8) is 0 Å². The van der Waals surface area contributed by atoms with Gasteiger partial charge in [-0.25, -0.2) is 0 Å². The highest BCUT2D eigenvalue weighted by Gasteiger charge is 2.31. The molecule has 2 N–H and O–H groups in total. The lowest BCUT2D eigenvalue weighted by atomic mass is 10.2. The highest BCUT2D eigenvalue weighted by Crippen LogP contribution is 2.23. The maximum atomic E-state index is 12.1. The predicted molar refractivity (Wildman–Crippen MR) is 86.1 cm³/mol. The molecule has 0 spiro atoms. The molecule has 0 bridgehead atoms. The molecule has 138 valence electrons. The summed E-state index contributed by atoms with van der Waals surface area (Å²) < 4.78 is 45.0. The number of rotatable bonds is 4. The monoisotopic (exact) mass is 388 g/mol. The van der Waals surface area contributed by atoms with Crippen molar-refractivity contribution in [3.05, 3.63) is 58.6 Å². The predicted octanol–water partition coefficient (Wildman–Crippen LogP) is 3.32. The van der Waals surface area contributed by atoms with Gasteiger partial charge in [0.1, 0.15) is 11.5 Å². The average Bonchev–Trinajstić information content (AvgIpc) is 2.58. The average molecular weight is 389 g/mol. The minimum Gasteiger partial charge on any atom is -0.496 e. The first-order chi connectivity index (χ1) is 12.2. The summed E-state index contributed by atoms with van der Waals surface area (Å²) in [7, 11) is 1.35. The van der Waals surface area contributed by atoms with Crippen molar-refractivity contribution >= 4 is 23.4 Å². The quantitative estimate of drug-likeness (QED) is 0.788. The van der Waals surface area contributed by atoms with Crippen molar-refractivity contribution in [2.75, 3.05) is 7.11 Å². The number of carbonyl (C=O) groups excluding carboxylic acids is 2. The zero-order chi connectivity index (χ0) is 19.3. The zero-order valence-electron chi connectivity index (χ0n) is 13.2. The van der Waals surface area contributed by atoms with Gasteiger partial charge in [0, 0.05) is 10.6 Å². The first-order valence-electron chi connectivity index (χ1n) is 6.99. The molecule has 0 fully saturated rings. The second-order valence-electron chi connectivity index (χ2n) is 4.83. The van der Waals surface area contributed by atoms with Gasteiger partial charge in [-0.05, 0) is 42.5 Å². The maximum absolute atomic E-state index is 12.1. The number of hydrogen-bond donors (Lipinski definition) is 2. The Hall–Kier alpha value is -2.94. The number of halogens is 4. The van der Waals surface area contributed by atoms with Crippen molar-refractivity contribution in [3.8, 4) is 11.5 Å². The Kier molecular flexibility index (Phi) is 5.93. The van der Waals surface area contributed by atoms with Gasteiger partial charge in [-0.3, -0.25) is 20.4 Å². The van der Waals surface area contributed by atoms with Crippen molar-refractivity contribution in [1.29, 1.82) is 0 Å². The molecule has 0 saturated carbocycles. The summed E-state index contributed by atoms with van der Waals surface area (Å²) in [6, 6.07) is 8.50. The zero-order valence-corrected chi connectivity index (χ0v) is 13.9. The normalized spacial score (nSPS) is 10.8. The van der Waals surface area contributed by atoms with Crippen LogP contribution in [0.3, 0.4) is 0 Å². The van der Waals surface area contributed by atoms with Gasteiger partial charge in [0.2, 0.25) is 0 Å². The molecule has 2 amide bonds. The van der Waals surface area contributed by atoms with Crippen molar-refractivity contribution < 1.29 is 32.2 Å². The molecule has 2 aromatic carbocycles. The summed E-state index contributed by atoms with van der Waals surface area (Å²) in [4.78, 5) is 24.0. The summed E-state index contributed by atoms with van der Waals surface area (Å²) in [5, 5.41) is 0.364. The van der Waals surface area contributed by atoms with Gasteiger partial charge in [-0.2, -0.15) is 0 Å². The standard InChI is InChI=1S/C16H12ClF3N2O4/c1-25-13-8-10(17)4-7-12(13)15(24)22-21-14(23)9-2-5-11(6-3-9)26-16(18,19)20/h2-8H,1H3,(H,21,23)(H,22,24). The third-order valence-electron chi connectivity index (χ3n) is 3.05. The third kappa shape index (κ3) is 5.28. The fourth-order valence-electron chi connectivity index (χ4n) is 1.91. The highest BCUT2D eigenvalue weighted by atomic mass is 35.5. The molecule has 10 heteroatoms. The minimum atomic E-state index is -4.82. The van der Waals surface area contributed by atoms with Gasteiger partial charge in [-0.15, -0.1) is 13.2 Å². The van der Waals surface area contributed by atoms with Gasteiger partial charge >= 0.3 is 6.36 Å². The van der Waals surface area contributed by atoms with Crippen molar-refractivity contribution in [1.82, 2.24) is 10.9 Å². The molecule has 26 heavy (non-hydrogen) atoms.